The van der Waals surface area contributed by atoms with Gasteiger partial charge in [-0.1, -0.05) is 70.5 Å². The number of carbonyl (C=O) groups is 3. The number of anilines is 2. The fraction of sp³-hybridized carbons (Fsp3) is 0.0789. The van der Waals surface area contributed by atoms with E-state index in [-0.39, 0.29) is 17.4 Å². The lowest BCUT2D eigenvalue weighted by atomic mass is 10.1. The second-order valence-electron chi connectivity index (χ2n) is 10.7. The Morgan fingerprint density at radius 2 is 1.49 bits per heavy atom. The summed E-state index contributed by atoms with van der Waals surface area (Å²) in [7, 11) is 0. The maximum Gasteiger partial charge on any atom is 0.272 e. The van der Waals surface area contributed by atoms with Gasteiger partial charge in [0.25, 0.3) is 11.8 Å². The van der Waals surface area contributed by atoms with Crippen LogP contribution in [0, 0.1) is 0 Å². The molecule has 6 aromatic rings. The van der Waals surface area contributed by atoms with Crippen LogP contribution in [0.2, 0.25) is 0 Å². The Morgan fingerprint density at radius 3 is 2.30 bits per heavy atom. The lowest BCUT2D eigenvalue weighted by Gasteiger charge is -2.12. The average Bonchev–Trinajstić information content (AvgIpc) is 3.40. The molecule has 9 heteroatoms. The molecular weight excluding hydrogens is 672 g/mol. The van der Waals surface area contributed by atoms with E-state index in [9.17, 15) is 14.4 Å². The zero-order valence-electron chi connectivity index (χ0n) is 25.5. The number of hydrogen-bond acceptors (Lipinski definition) is 4. The molecule has 5 aromatic carbocycles. The van der Waals surface area contributed by atoms with Crippen LogP contribution >= 0.6 is 27.7 Å². The predicted molar refractivity (Wildman–Crippen MR) is 196 cm³/mol. The standard InChI is InChI=1S/C38H31BrN4O3S/c1-2-43-34-17-7-6-16-31(34)32-23-29(18-19-35(32)43)40-36(44)24-47-30-15-9-14-28(22-30)41-38(46)33(21-25-10-8-13-27(39)20-25)42-37(45)26-11-4-3-5-12-26/h3-23H,2,24H2,1H3,(H,40,44)(H,41,46)(H,42,45)/b33-21+. The van der Waals surface area contributed by atoms with E-state index in [1.807, 2.05) is 66.7 Å². The summed E-state index contributed by atoms with van der Waals surface area (Å²) in [4.78, 5) is 40.2. The Kier molecular flexibility index (Phi) is 9.85. The Labute approximate surface area is 285 Å². The van der Waals surface area contributed by atoms with Crippen molar-refractivity contribution in [2.75, 3.05) is 16.4 Å². The van der Waals surface area contributed by atoms with Crippen molar-refractivity contribution in [3.8, 4) is 0 Å². The molecule has 0 radical (unpaired) electrons. The summed E-state index contributed by atoms with van der Waals surface area (Å²) in [5.74, 6) is -0.819. The van der Waals surface area contributed by atoms with Crippen LogP contribution in [0.15, 0.2) is 136 Å². The van der Waals surface area contributed by atoms with Crippen molar-refractivity contribution in [3.63, 3.8) is 0 Å². The highest BCUT2D eigenvalue weighted by atomic mass is 79.9. The van der Waals surface area contributed by atoms with Crippen molar-refractivity contribution >= 4 is 84.7 Å². The molecule has 0 unspecified atom stereocenters. The minimum Gasteiger partial charge on any atom is -0.341 e. The molecule has 234 valence electrons. The van der Waals surface area contributed by atoms with E-state index in [1.165, 1.54) is 17.3 Å². The molecule has 0 spiro atoms. The van der Waals surface area contributed by atoms with Crippen LogP contribution in [0.5, 0.6) is 0 Å². The zero-order chi connectivity index (χ0) is 32.8. The van der Waals surface area contributed by atoms with Crippen LogP contribution in [-0.4, -0.2) is 28.0 Å². The first kappa shape index (κ1) is 31.8. The van der Waals surface area contributed by atoms with Crippen molar-refractivity contribution in [1.29, 1.82) is 0 Å². The molecule has 6 rings (SSSR count). The Bertz CT molecular complexity index is 2140. The van der Waals surface area contributed by atoms with E-state index in [0.717, 1.165) is 43.5 Å². The summed E-state index contributed by atoms with van der Waals surface area (Å²) in [5, 5.41) is 10.9. The maximum atomic E-state index is 13.5. The second-order valence-corrected chi connectivity index (χ2v) is 12.7. The van der Waals surface area contributed by atoms with Gasteiger partial charge in [-0.15, -0.1) is 11.8 Å². The number of amides is 3. The summed E-state index contributed by atoms with van der Waals surface area (Å²) in [6, 6.07) is 37.7. The number of thioether (sulfide) groups is 1. The van der Waals surface area contributed by atoms with E-state index in [2.05, 4.69) is 61.6 Å². The summed E-state index contributed by atoms with van der Waals surface area (Å²) >= 11 is 4.82. The van der Waals surface area contributed by atoms with Gasteiger partial charge in [0.05, 0.1) is 5.75 Å². The van der Waals surface area contributed by atoms with Gasteiger partial charge >= 0.3 is 0 Å². The van der Waals surface area contributed by atoms with Crippen LogP contribution in [0.25, 0.3) is 27.9 Å². The predicted octanol–water partition coefficient (Wildman–Crippen LogP) is 8.72. The molecule has 3 amide bonds. The molecule has 0 aliphatic carbocycles. The molecular formula is C38H31BrN4O3S. The van der Waals surface area contributed by atoms with Crippen LogP contribution in [0.4, 0.5) is 11.4 Å². The fourth-order valence-electron chi connectivity index (χ4n) is 5.39. The van der Waals surface area contributed by atoms with Gasteiger partial charge in [-0.2, -0.15) is 0 Å². The number of hydrogen-bond donors (Lipinski definition) is 3. The van der Waals surface area contributed by atoms with Crippen molar-refractivity contribution < 1.29 is 14.4 Å². The minimum absolute atomic E-state index is 0.0911. The summed E-state index contributed by atoms with van der Waals surface area (Å²) in [5.41, 5.74) is 4.85. The van der Waals surface area contributed by atoms with Gasteiger partial charge in [-0.05, 0) is 85.3 Å². The number of benzene rings is 5. The summed E-state index contributed by atoms with van der Waals surface area (Å²) in [6.45, 7) is 2.99. The third-order valence-electron chi connectivity index (χ3n) is 7.52. The molecule has 1 heterocycles. The van der Waals surface area contributed by atoms with Crippen molar-refractivity contribution in [2.24, 2.45) is 0 Å². The Hall–Kier alpha value is -5.12. The molecule has 0 bridgehead atoms. The highest BCUT2D eigenvalue weighted by molar-refractivity contribution is 9.10. The number of rotatable bonds is 10. The van der Waals surface area contributed by atoms with E-state index in [1.54, 1.807) is 42.5 Å². The largest absolute Gasteiger partial charge is 0.341 e. The van der Waals surface area contributed by atoms with E-state index < -0.39 is 11.8 Å². The topological polar surface area (TPSA) is 92.2 Å². The third-order valence-corrected chi connectivity index (χ3v) is 9.01. The molecule has 0 saturated carbocycles. The van der Waals surface area contributed by atoms with Crippen molar-refractivity contribution in [2.45, 2.75) is 18.4 Å². The van der Waals surface area contributed by atoms with E-state index >= 15 is 0 Å². The summed E-state index contributed by atoms with van der Waals surface area (Å²) in [6.07, 6.45) is 1.63. The van der Waals surface area contributed by atoms with Crippen molar-refractivity contribution in [1.82, 2.24) is 9.88 Å². The lowest BCUT2D eigenvalue weighted by molar-refractivity contribution is -0.114. The zero-order valence-corrected chi connectivity index (χ0v) is 27.9. The quantitative estimate of drug-likeness (QED) is 0.0984. The van der Waals surface area contributed by atoms with Gasteiger partial charge in [-0.25, -0.2) is 0 Å². The minimum atomic E-state index is -0.478. The van der Waals surface area contributed by atoms with Crippen LogP contribution in [-0.2, 0) is 16.1 Å². The Balaban J connectivity index is 1.13. The highest BCUT2D eigenvalue weighted by Gasteiger charge is 2.16. The number of nitrogens with zero attached hydrogens (tertiary/aromatic N) is 1. The van der Waals surface area contributed by atoms with Gasteiger partial charge in [0.1, 0.15) is 5.70 Å². The second kappa shape index (κ2) is 14.5. The molecule has 0 fully saturated rings. The molecule has 0 atom stereocenters. The normalized spacial score (nSPS) is 11.4. The first-order chi connectivity index (χ1) is 22.9. The molecule has 0 saturated heterocycles. The first-order valence-electron chi connectivity index (χ1n) is 15.1. The van der Waals surface area contributed by atoms with E-state index in [4.69, 9.17) is 0 Å². The number of aryl methyl sites for hydroxylation is 1. The molecule has 47 heavy (non-hydrogen) atoms. The van der Waals surface area contributed by atoms with Gasteiger partial charge in [0.15, 0.2) is 0 Å². The first-order valence-corrected chi connectivity index (χ1v) is 16.8. The average molecular weight is 704 g/mol. The number of carbonyl (C=O) groups excluding carboxylic acids is 3. The third kappa shape index (κ3) is 7.65. The van der Waals surface area contributed by atoms with E-state index in [0.29, 0.717) is 11.3 Å². The number of aromatic nitrogens is 1. The summed E-state index contributed by atoms with van der Waals surface area (Å²) < 4.78 is 3.12. The number of fused-ring (bicyclic) bond motifs is 3. The monoisotopic (exact) mass is 702 g/mol. The number of nitrogens with one attached hydrogen (secondary N) is 3. The van der Waals surface area contributed by atoms with Gasteiger partial charge in [0, 0.05) is 54.7 Å². The SMILES string of the molecule is CCn1c2ccccc2c2cc(NC(=O)CSc3cccc(NC(=O)/C(=C\c4cccc(Br)c4)NC(=O)c4ccccc4)c3)ccc21. The number of para-hydroxylation sites is 1. The molecule has 1 aromatic heterocycles. The highest BCUT2D eigenvalue weighted by Crippen LogP contribution is 2.31. The maximum absolute atomic E-state index is 13.5. The van der Waals surface area contributed by atoms with Crippen LogP contribution in [0.1, 0.15) is 22.8 Å². The molecule has 0 aliphatic rings. The van der Waals surface area contributed by atoms with Crippen LogP contribution in [0.3, 0.4) is 0 Å². The van der Waals surface area contributed by atoms with Gasteiger partial charge in [0.2, 0.25) is 5.91 Å². The van der Waals surface area contributed by atoms with Crippen LogP contribution < -0.4 is 16.0 Å². The van der Waals surface area contributed by atoms with Gasteiger partial charge < -0.3 is 20.5 Å². The Morgan fingerprint density at radius 1 is 0.745 bits per heavy atom. The molecule has 0 aliphatic heterocycles. The van der Waals surface area contributed by atoms with Crippen molar-refractivity contribution in [3.05, 3.63) is 143 Å². The molecule has 3 N–H and O–H groups in total. The van der Waals surface area contributed by atoms with Gasteiger partial charge in [-0.3, -0.25) is 14.4 Å². The number of halogens is 1. The fourth-order valence-corrected chi connectivity index (χ4v) is 6.56. The lowest BCUT2D eigenvalue weighted by Crippen LogP contribution is -2.30. The molecule has 7 nitrogen and oxygen atoms in total. The smallest absolute Gasteiger partial charge is 0.272 e.